The lowest BCUT2D eigenvalue weighted by atomic mass is 10.1. The summed E-state index contributed by atoms with van der Waals surface area (Å²) in [4.78, 5) is 29.5. The Morgan fingerprint density at radius 2 is 1.89 bits per heavy atom. The largest absolute Gasteiger partial charge is 0.481 e. The fourth-order valence-electron chi connectivity index (χ4n) is 3.62. The van der Waals surface area contributed by atoms with Crippen LogP contribution < -0.4 is 10.3 Å². The highest BCUT2D eigenvalue weighted by atomic mass is 79.9. The number of nitrogens with zero attached hydrogens (tertiary/aromatic N) is 4. The van der Waals surface area contributed by atoms with Crippen LogP contribution in [-0.4, -0.2) is 20.8 Å². The molecule has 4 rings (SSSR count). The molecule has 0 spiro atoms. The first-order chi connectivity index (χ1) is 17.7. The smallest absolute Gasteiger partial charge is 0.312 e. The third-order valence-corrected chi connectivity index (χ3v) is 6.96. The molecule has 8 nitrogen and oxygen atoms in total. The van der Waals surface area contributed by atoms with E-state index in [2.05, 4.69) is 37.0 Å². The molecule has 3 aromatic carbocycles. The quantitative estimate of drug-likeness (QED) is 0.112. The minimum Gasteiger partial charge on any atom is -0.481 e. The molecule has 0 saturated carbocycles. The SMILES string of the molecule is CC[C@H](C)c1nc2ccc(Br)cc2c(=O)n1N=Cc1cc(Br)cc([N+](=O)[O-])c1OCc1ccc(Cl)cc1. The standard InChI is InChI=1S/C26H21Br2ClN4O4/c1-3-15(2)25-31-22-9-6-18(27)11-21(22)26(34)32(25)30-13-17-10-19(28)12-23(33(35)36)24(17)37-14-16-4-7-20(29)8-5-16/h4-13,15H,3,14H2,1-2H3/t15-/m0/s1. The minimum atomic E-state index is -0.523. The van der Waals surface area contributed by atoms with E-state index in [9.17, 15) is 14.9 Å². The predicted molar refractivity (Wildman–Crippen MR) is 152 cm³/mol. The second-order valence-electron chi connectivity index (χ2n) is 8.32. The van der Waals surface area contributed by atoms with Crippen LogP contribution in [0.25, 0.3) is 10.9 Å². The number of nitro groups is 1. The lowest BCUT2D eigenvalue weighted by Crippen LogP contribution is -2.23. The van der Waals surface area contributed by atoms with E-state index >= 15 is 0 Å². The Bertz CT molecular complexity index is 1570. The summed E-state index contributed by atoms with van der Waals surface area (Å²) >= 11 is 12.7. The Morgan fingerprint density at radius 1 is 1.16 bits per heavy atom. The summed E-state index contributed by atoms with van der Waals surface area (Å²) in [7, 11) is 0. The van der Waals surface area contributed by atoms with E-state index in [-0.39, 0.29) is 29.5 Å². The van der Waals surface area contributed by atoms with Crippen LogP contribution >= 0.6 is 43.5 Å². The van der Waals surface area contributed by atoms with Crippen LogP contribution in [0.1, 0.15) is 43.1 Å². The van der Waals surface area contributed by atoms with Crippen molar-refractivity contribution in [3.05, 3.63) is 106 Å². The number of ether oxygens (including phenoxy) is 1. The number of nitro benzene ring substituents is 1. The van der Waals surface area contributed by atoms with Crippen molar-refractivity contribution in [2.75, 3.05) is 0 Å². The van der Waals surface area contributed by atoms with E-state index in [1.807, 2.05) is 19.9 Å². The first kappa shape index (κ1) is 27.0. The first-order valence-corrected chi connectivity index (χ1v) is 13.3. The van der Waals surface area contributed by atoms with Crippen LogP contribution in [0.2, 0.25) is 5.02 Å². The maximum atomic E-state index is 13.4. The van der Waals surface area contributed by atoms with Crippen molar-refractivity contribution in [1.82, 2.24) is 9.66 Å². The second kappa shape index (κ2) is 11.5. The normalized spacial score (nSPS) is 12.2. The van der Waals surface area contributed by atoms with E-state index in [4.69, 9.17) is 21.3 Å². The van der Waals surface area contributed by atoms with Crippen LogP contribution in [0.3, 0.4) is 0 Å². The van der Waals surface area contributed by atoms with E-state index in [1.54, 1.807) is 42.5 Å². The van der Waals surface area contributed by atoms with Gasteiger partial charge in [-0.05, 0) is 48.4 Å². The van der Waals surface area contributed by atoms with Gasteiger partial charge in [0, 0.05) is 31.5 Å². The molecule has 4 aromatic rings. The van der Waals surface area contributed by atoms with Crippen molar-refractivity contribution >= 4 is 66.3 Å². The third kappa shape index (κ3) is 6.08. The van der Waals surface area contributed by atoms with Gasteiger partial charge in [0.15, 0.2) is 0 Å². The third-order valence-electron chi connectivity index (χ3n) is 5.75. The summed E-state index contributed by atoms with van der Waals surface area (Å²) < 4.78 is 8.37. The number of halogens is 3. The maximum absolute atomic E-state index is 13.4. The topological polar surface area (TPSA) is 99.6 Å². The zero-order valence-electron chi connectivity index (χ0n) is 19.8. The molecule has 0 N–H and O–H groups in total. The number of benzene rings is 3. The lowest BCUT2D eigenvalue weighted by Gasteiger charge is -2.14. The number of rotatable bonds is 8. The van der Waals surface area contributed by atoms with E-state index < -0.39 is 4.92 Å². The lowest BCUT2D eigenvalue weighted by molar-refractivity contribution is -0.386. The van der Waals surface area contributed by atoms with Crippen LogP contribution in [0.5, 0.6) is 5.75 Å². The Kier molecular flexibility index (Phi) is 8.41. The highest BCUT2D eigenvalue weighted by molar-refractivity contribution is 9.10. The summed E-state index contributed by atoms with van der Waals surface area (Å²) in [5.74, 6) is 0.462. The van der Waals surface area contributed by atoms with Crippen LogP contribution in [0.4, 0.5) is 5.69 Å². The molecule has 0 fully saturated rings. The number of aromatic nitrogens is 2. The van der Waals surface area contributed by atoms with Gasteiger partial charge in [0.05, 0.1) is 22.0 Å². The van der Waals surface area contributed by atoms with Crippen LogP contribution in [-0.2, 0) is 6.61 Å². The second-order valence-corrected chi connectivity index (χ2v) is 10.6. The molecule has 0 saturated heterocycles. The Hall–Kier alpha value is -3.08. The van der Waals surface area contributed by atoms with Gasteiger partial charge in [-0.1, -0.05) is 69.4 Å². The molecular weight excluding hydrogens is 628 g/mol. The molecular formula is C26H21Br2ClN4O4. The van der Waals surface area contributed by atoms with Crippen molar-refractivity contribution in [2.24, 2.45) is 5.10 Å². The maximum Gasteiger partial charge on any atom is 0.312 e. The molecule has 0 unspecified atom stereocenters. The number of fused-ring (bicyclic) bond motifs is 1. The monoisotopic (exact) mass is 646 g/mol. The summed E-state index contributed by atoms with van der Waals surface area (Å²) in [6.45, 7) is 4.03. The fourth-order valence-corrected chi connectivity index (χ4v) is 4.57. The van der Waals surface area contributed by atoms with Gasteiger partial charge in [0.25, 0.3) is 5.56 Å². The molecule has 1 heterocycles. The van der Waals surface area contributed by atoms with Gasteiger partial charge in [-0.15, -0.1) is 0 Å². The fraction of sp³-hybridized carbons (Fsp3) is 0.192. The van der Waals surface area contributed by atoms with Gasteiger partial charge in [0.2, 0.25) is 5.75 Å². The number of hydrogen-bond donors (Lipinski definition) is 0. The molecule has 1 aromatic heterocycles. The predicted octanol–water partition coefficient (Wildman–Crippen LogP) is 7.46. The van der Waals surface area contributed by atoms with Gasteiger partial charge in [0.1, 0.15) is 12.4 Å². The highest BCUT2D eigenvalue weighted by Gasteiger charge is 2.21. The summed E-state index contributed by atoms with van der Waals surface area (Å²) in [5.41, 5.74) is 1.10. The van der Waals surface area contributed by atoms with E-state index in [0.717, 1.165) is 16.5 Å². The molecule has 0 amide bonds. The van der Waals surface area contributed by atoms with Gasteiger partial charge in [-0.2, -0.15) is 9.78 Å². The molecule has 11 heteroatoms. The zero-order valence-corrected chi connectivity index (χ0v) is 23.7. The van der Waals surface area contributed by atoms with Gasteiger partial charge < -0.3 is 4.74 Å². The molecule has 0 aliphatic heterocycles. The molecule has 0 bridgehead atoms. The zero-order chi connectivity index (χ0) is 26.7. The van der Waals surface area contributed by atoms with Gasteiger partial charge in [-0.3, -0.25) is 14.9 Å². The molecule has 0 radical (unpaired) electrons. The van der Waals surface area contributed by atoms with Crippen LogP contribution in [0, 0.1) is 10.1 Å². The molecule has 0 aliphatic carbocycles. The molecule has 190 valence electrons. The first-order valence-electron chi connectivity index (χ1n) is 11.3. The summed E-state index contributed by atoms with van der Waals surface area (Å²) in [6.07, 6.45) is 2.12. The van der Waals surface area contributed by atoms with Crippen molar-refractivity contribution in [2.45, 2.75) is 32.8 Å². The van der Waals surface area contributed by atoms with Gasteiger partial charge >= 0.3 is 5.69 Å². The average Bonchev–Trinajstić information content (AvgIpc) is 2.87. The van der Waals surface area contributed by atoms with E-state index in [0.29, 0.717) is 31.8 Å². The van der Waals surface area contributed by atoms with Crippen molar-refractivity contribution in [3.63, 3.8) is 0 Å². The summed E-state index contributed by atoms with van der Waals surface area (Å²) in [6, 6.07) is 15.3. The van der Waals surface area contributed by atoms with Crippen molar-refractivity contribution in [1.29, 1.82) is 0 Å². The Morgan fingerprint density at radius 3 is 2.57 bits per heavy atom. The molecule has 1 atom stereocenters. The van der Waals surface area contributed by atoms with Gasteiger partial charge in [-0.25, -0.2) is 4.98 Å². The highest BCUT2D eigenvalue weighted by Crippen LogP contribution is 2.34. The molecule has 37 heavy (non-hydrogen) atoms. The minimum absolute atomic E-state index is 0.0292. The Balaban J connectivity index is 1.83. The summed E-state index contributed by atoms with van der Waals surface area (Å²) in [5, 5.41) is 17.3. The molecule has 0 aliphatic rings. The van der Waals surface area contributed by atoms with Crippen LogP contribution in [0.15, 0.2) is 73.4 Å². The number of hydrogen-bond acceptors (Lipinski definition) is 6. The Labute approximate surface area is 234 Å². The van der Waals surface area contributed by atoms with E-state index in [1.165, 1.54) is 17.0 Å². The van der Waals surface area contributed by atoms with Crippen molar-refractivity contribution in [3.8, 4) is 5.75 Å². The average molecular weight is 649 g/mol. The van der Waals surface area contributed by atoms with Crippen molar-refractivity contribution < 1.29 is 9.66 Å².